The van der Waals surface area contributed by atoms with Crippen molar-refractivity contribution in [3.05, 3.63) is 50.2 Å². The summed E-state index contributed by atoms with van der Waals surface area (Å²) in [7, 11) is 1.87. The number of piperidine rings is 1. The normalized spacial score (nSPS) is 19.6. The molecule has 1 saturated heterocycles. The van der Waals surface area contributed by atoms with Gasteiger partial charge in [0.1, 0.15) is 6.10 Å². The van der Waals surface area contributed by atoms with Crippen LogP contribution >= 0.6 is 11.3 Å². The van der Waals surface area contributed by atoms with Gasteiger partial charge >= 0.3 is 0 Å². The Balaban J connectivity index is 1.33. The molecule has 1 atom stereocenters. The summed E-state index contributed by atoms with van der Waals surface area (Å²) in [5, 5.41) is 16.5. The summed E-state index contributed by atoms with van der Waals surface area (Å²) >= 11 is 1.96. The molecule has 0 amide bonds. The fraction of sp³-hybridized carbons (Fsp3) is 0.625. The number of hydrazine groups is 1. The average molecular weight is 475 g/mol. The lowest BCUT2D eigenvalue weighted by Gasteiger charge is -2.44. The third-order valence-corrected chi connectivity index (χ3v) is 8.43. The predicted molar refractivity (Wildman–Crippen MR) is 132 cm³/mol. The second-order valence-corrected chi connectivity index (χ2v) is 10.6. The number of nitrogens with zero attached hydrogens (tertiary/aromatic N) is 4. The zero-order valence-electron chi connectivity index (χ0n) is 20.3. The molecule has 1 fully saturated rings. The lowest BCUT2D eigenvalue weighted by Crippen LogP contribution is -2.47. The van der Waals surface area contributed by atoms with Gasteiger partial charge in [0.25, 0.3) is 0 Å². The quantitative estimate of drug-likeness (QED) is 0.417. The molecule has 1 spiro atoms. The molecule has 9 heteroatoms. The van der Waals surface area contributed by atoms with Crippen molar-refractivity contribution < 1.29 is 9.84 Å². The van der Waals surface area contributed by atoms with Crippen LogP contribution in [0.5, 0.6) is 0 Å². The summed E-state index contributed by atoms with van der Waals surface area (Å²) in [4.78, 5) is 5.34. The maximum absolute atomic E-state index is 10.7. The van der Waals surface area contributed by atoms with E-state index < -0.39 is 6.10 Å². The molecule has 8 nitrogen and oxygen atoms in total. The molecule has 0 bridgehead atoms. The first-order chi connectivity index (χ1) is 15.7. The summed E-state index contributed by atoms with van der Waals surface area (Å²) in [6, 6.07) is 2.38. The van der Waals surface area contributed by atoms with Crippen molar-refractivity contribution in [1.82, 2.24) is 19.7 Å². The summed E-state index contributed by atoms with van der Waals surface area (Å²) in [6.45, 7) is 9.68. The number of aryl methyl sites for hydroxylation is 3. The van der Waals surface area contributed by atoms with Crippen molar-refractivity contribution in [2.45, 2.75) is 58.2 Å². The summed E-state index contributed by atoms with van der Waals surface area (Å²) in [5.74, 6) is 6.16. The van der Waals surface area contributed by atoms with E-state index >= 15 is 0 Å². The lowest BCUT2D eigenvalue weighted by atomic mass is 9.82. The fourth-order valence-electron chi connectivity index (χ4n) is 5.26. The van der Waals surface area contributed by atoms with Crippen LogP contribution < -0.4 is 11.6 Å². The second-order valence-electron chi connectivity index (χ2n) is 9.40. The van der Waals surface area contributed by atoms with Gasteiger partial charge < -0.3 is 20.6 Å². The zero-order valence-corrected chi connectivity index (χ0v) is 21.1. The standard InChI is InChI=1S/C24H38N6O2S/c1-5-19-12-20-22(33-19)6-11-32-24(20)7-9-29(10-8-24)13-18(25)14-30(26)15-21(31)23-16(2)27-28(4)17(23)3/h12,14,21,31H,5-11,13,15,25-26H2,1-4H3/b18-14-. The van der Waals surface area contributed by atoms with E-state index in [9.17, 15) is 5.11 Å². The zero-order chi connectivity index (χ0) is 23.8. The molecule has 2 aromatic heterocycles. The summed E-state index contributed by atoms with van der Waals surface area (Å²) in [6.07, 6.45) is 5.10. The Labute approximate surface area is 200 Å². The predicted octanol–water partition coefficient (Wildman–Crippen LogP) is 2.23. The van der Waals surface area contributed by atoms with E-state index in [1.165, 1.54) is 20.3 Å². The van der Waals surface area contributed by atoms with Gasteiger partial charge in [-0.25, -0.2) is 5.84 Å². The van der Waals surface area contributed by atoms with Gasteiger partial charge in [0.05, 0.1) is 24.4 Å². The molecular formula is C24H38N6O2S. The Morgan fingerprint density at radius 1 is 1.39 bits per heavy atom. The minimum absolute atomic E-state index is 0.129. The topological polar surface area (TPSA) is 106 Å². The van der Waals surface area contributed by atoms with Crippen molar-refractivity contribution in [2.75, 3.05) is 32.8 Å². The number of aromatic nitrogens is 2. The summed E-state index contributed by atoms with van der Waals surface area (Å²) < 4.78 is 8.16. The van der Waals surface area contributed by atoms with E-state index in [0.717, 1.165) is 62.3 Å². The van der Waals surface area contributed by atoms with Gasteiger partial charge in [-0.3, -0.25) is 9.58 Å². The molecule has 5 N–H and O–H groups in total. The van der Waals surface area contributed by atoms with E-state index in [2.05, 4.69) is 23.0 Å². The SMILES string of the molecule is CCc1cc2c(s1)CCOC21CCN(C/C(N)=C/N(N)CC(O)c2c(C)nn(C)c2C)CC1. The van der Waals surface area contributed by atoms with Gasteiger partial charge in [0.2, 0.25) is 0 Å². The van der Waals surface area contributed by atoms with E-state index in [-0.39, 0.29) is 12.1 Å². The molecule has 33 heavy (non-hydrogen) atoms. The van der Waals surface area contributed by atoms with E-state index in [1.54, 1.807) is 10.9 Å². The number of likely N-dealkylation sites (tertiary alicyclic amines) is 1. The van der Waals surface area contributed by atoms with Gasteiger partial charge in [-0.05, 0) is 44.7 Å². The molecule has 0 saturated carbocycles. The van der Waals surface area contributed by atoms with Gasteiger partial charge in [-0.2, -0.15) is 5.10 Å². The van der Waals surface area contributed by atoms with Crippen molar-refractivity contribution in [1.29, 1.82) is 0 Å². The Bertz CT molecular complexity index is 1010. The van der Waals surface area contributed by atoms with E-state index in [1.807, 2.05) is 32.2 Å². The second kappa shape index (κ2) is 9.76. The number of ether oxygens (including phenoxy) is 1. The molecule has 2 aliphatic rings. The van der Waals surface area contributed by atoms with Crippen molar-refractivity contribution in [2.24, 2.45) is 18.6 Å². The van der Waals surface area contributed by atoms with Gasteiger partial charge in [0, 0.05) is 66.0 Å². The van der Waals surface area contributed by atoms with E-state index in [0.29, 0.717) is 12.2 Å². The van der Waals surface area contributed by atoms with Gasteiger partial charge in [-0.1, -0.05) is 6.92 Å². The number of thiophene rings is 1. The molecule has 1 unspecified atom stereocenters. The first-order valence-corrected chi connectivity index (χ1v) is 12.7. The van der Waals surface area contributed by atoms with Crippen LogP contribution in [0.2, 0.25) is 0 Å². The van der Waals surface area contributed by atoms with Crippen LogP contribution in [0.25, 0.3) is 0 Å². The monoisotopic (exact) mass is 474 g/mol. The average Bonchev–Trinajstić information content (AvgIpc) is 3.30. The first kappa shape index (κ1) is 24.2. The van der Waals surface area contributed by atoms with Crippen LogP contribution in [0, 0.1) is 13.8 Å². The Hall–Kier alpha value is -1.91. The van der Waals surface area contributed by atoms with Gasteiger partial charge in [-0.15, -0.1) is 11.3 Å². The molecule has 4 heterocycles. The Morgan fingerprint density at radius 3 is 2.76 bits per heavy atom. The van der Waals surface area contributed by atoms with Crippen LogP contribution in [0.15, 0.2) is 18.0 Å². The van der Waals surface area contributed by atoms with Crippen LogP contribution in [0.3, 0.4) is 0 Å². The number of hydrogen-bond acceptors (Lipinski definition) is 8. The maximum Gasteiger partial charge on any atom is 0.102 e. The highest BCUT2D eigenvalue weighted by Crippen LogP contribution is 2.44. The summed E-state index contributed by atoms with van der Waals surface area (Å²) in [5.41, 5.74) is 10.9. The van der Waals surface area contributed by atoms with Gasteiger partial charge in [0.15, 0.2) is 0 Å². The minimum Gasteiger partial charge on any atom is -0.400 e. The highest BCUT2D eigenvalue weighted by molar-refractivity contribution is 7.12. The Morgan fingerprint density at radius 2 is 2.12 bits per heavy atom. The number of aliphatic hydroxyl groups is 1. The highest BCUT2D eigenvalue weighted by atomic mass is 32.1. The van der Waals surface area contributed by atoms with E-state index in [4.69, 9.17) is 16.3 Å². The number of hydrogen-bond donors (Lipinski definition) is 3. The molecule has 0 aromatic carbocycles. The van der Waals surface area contributed by atoms with Crippen LogP contribution in [0.4, 0.5) is 0 Å². The van der Waals surface area contributed by atoms with Crippen LogP contribution in [0.1, 0.15) is 58.1 Å². The third kappa shape index (κ3) is 4.97. The minimum atomic E-state index is -0.723. The molecular weight excluding hydrogens is 436 g/mol. The Kier molecular flexibility index (Phi) is 7.16. The first-order valence-electron chi connectivity index (χ1n) is 11.9. The van der Waals surface area contributed by atoms with Crippen molar-refractivity contribution >= 4 is 11.3 Å². The number of fused-ring (bicyclic) bond motifs is 2. The van der Waals surface area contributed by atoms with Crippen molar-refractivity contribution in [3.8, 4) is 0 Å². The number of nitrogens with two attached hydrogens (primary N) is 2. The third-order valence-electron chi connectivity index (χ3n) is 7.09. The lowest BCUT2D eigenvalue weighted by molar-refractivity contribution is -0.0961. The number of aliphatic hydroxyl groups excluding tert-OH is 1. The highest BCUT2D eigenvalue weighted by Gasteiger charge is 2.41. The molecule has 2 aromatic rings. The largest absolute Gasteiger partial charge is 0.400 e. The number of rotatable bonds is 7. The molecule has 0 radical (unpaired) electrons. The molecule has 4 rings (SSSR count). The van der Waals surface area contributed by atoms with Crippen molar-refractivity contribution in [3.63, 3.8) is 0 Å². The van der Waals surface area contributed by atoms with Crippen LogP contribution in [-0.2, 0) is 30.2 Å². The molecule has 0 aliphatic carbocycles. The fourth-order valence-corrected chi connectivity index (χ4v) is 6.44. The van der Waals surface area contributed by atoms with Crippen LogP contribution in [-0.4, -0.2) is 57.6 Å². The molecule has 182 valence electrons. The smallest absolute Gasteiger partial charge is 0.102 e. The molecule has 2 aliphatic heterocycles. The maximum atomic E-state index is 10.7.